The van der Waals surface area contributed by atoms with Gasteiger partial charge in [0.2, 0.25) is 0 Å². The molecule has 1 rings (SSSR count). The molecular formula is C11H21N5O. The van der Waals surface area contributed by atoms with Gasteiger partial charge in [-0.3, -0.25) is 0 Å². The Labute approximate surface area is 102 Å². The van der Waals surface area contributed by atoms with Gasteiger partial charge >= 0.3 is 0 Å². The van der Waals surface area contributed by atoms with Crippen LogP contribution in [0, 0.1) is 0 Å². The highest BCUT2D eigenvalue weighted by molar-refractivity contribution is 5.58. The third kappa shape index (κ3) is 3.04. The van der Waals surface area contributed by atoms with Crippen LogP contribution in [0.25, 0.3) is 0 Å². The van der Waals surface area contributed by atoms with Crippen LogP contribution in [-0.2, 0) is 11.2 Å². The van der Waals surface area contributed by atoms with Gasteiger partial charge in [0.05, 0.1) is 12.6 Å². The van der Waals surface area contributed by atoms with Gasteiger partial charge in [0.25, 0.3) is 0 Å². The molecule has 0 bridgehead atoms. The van der Waals surface area contributed by atoms with Crippen molar-refractivity contribution < 1.29 is 4.74 Å². The zero-order valence-electron chi connectivity index (χ0n) is 10.9. The van der Waals surface area contributed by atoms with Crippen molar-refractivity contribution in [1.82, 2.24) is 9.97 Å². The first-order chi connectivity index (χ1) is 8.15. The van der Waals surface area contributed by atoms with Crippen LogP contribution in [0.2, 0.25) is 0 Å². The normalized spacial score (nSPS) is 12.3. The minimum atomic E-state index is 0.242. The molecule has 3 N–H and O–H groups in total. The molecule has 0 radical (unpaired) electrons. The second-order valence-electron chi connectivity index (χ2n) is 3.94. The maximum Gasteiger partial charge on any atom is 0.148 e. The number of methoxy groups -OCH3 is 1. The molecule has 6 heteroatoms. The van der Waals surface area contributed by atoms with Crippen LogP contribution >= 0.6 is 0 Å². The fraction of sp³-hybridized carbons (Fsp3) is 0.636. The van der Waals surface area contributed by atoms with Gasteiger partial charge in [0.15, 0.2) is 0 Å². The average molecular weight is 239 g/mol. The van der Waals surface area contributed by atoms with Gasteiger partial charge in [-0.2, -0.15) is 0 Å². The monoisotopic (exact) mass is 239 g/mol. The van der Waals surface area contributed by atoms with E-state index in [1.165, 1.54) is 6.33 Å². The molecule has 0 aliphatic carbocycles. The molecule has 0 amide bonds. The first-order valence-corrected chi connectivity index (χ1v) is 5.67. The predicted octanol–water partition coefficient (Wildman–Crippen LogP) is 0.796. The number of nitrogens with zero attached hydrogens (tertiary/aromatic N) is 3. The van der Waals surface area contributed by atoms with E-state index < -0.39 is 0 Å². The molecule has 0 aliphatic rings. The molecule has 1 unspecified atom stereocenters. The van der Waals surface area contributed by atoms with Crippen LogP contribution in [0.4, 0.5) is 11.6 Å². The quantitative estimate of drug-likeness (QED) is 0.565. The Hall–Kier alpha value is -1.40. The smallest absolute Gasteiger partial charge is 0.148 e. The molecule has 0 aliphatic heterocycles. The summed E-state index contributed by atoms with van der Waals surface area (Å²) in [7, 11) is 3.68. The SMILES string of the molecule is CCc1c(NN)ncnc1N(C)C(C)COC. The number of aromatic nitrogens is 2. The molecule has 96 valence electrons. The van der Waals surface area contributed by atoms with Crippen molar-refractivity contribution in [3.05, 3.63) is 11.9 Å². The van der Waals surface area contributed by atoms with Crippen molar-refractivity contribution in [1.29, 1.82) is 0 Å². The van der Waals surface area contributed by atoms with E-state index >= 15 is 0 Å². The van der Waals surface area contributed by atoms with Crippen molar-refractivity contribution in [2.45, 2.75) is 26.3 Å². The zero-order chi connectivity index (χ0) is 12.8. The summed E-state index contributed by atoms with van der Waals surface area (Å²) in [6, 6.07) is 0.242. The minimum absolute atomic E-state index is 0.242. The highest BCUT2D eigenvalue weighted by Crippen LogP contribution is 2.23. The van der Waals surface area contributed by atoms with E-state index in [1.807, 2.05) is 7.05 Å². The Morgan fingerprint density at radius 3 is 2.76 bits per heavy atom. The molecule has 1 aromatic heterocycles. The lowest BCUT2D eigenvalue weighted by Gasteiger charge is -2.27. The third-order valence-corrected chi connectivity index (χ3v) is 2.82. The second kappa shape index (κ2) is 6.36. The summed E-state index contributed by atoms with van der Waals surface area (Å²) in [5, 5.41) is 0. The number of likely N-dealkylation sites (N-methyl/N-ethyl adjacent to an activating group) is 1. The summed E-state index contributed by atoms with van der Waals surface area (Å²) >= 11 is 0. The van der Waals surface area contributed by atoms with E-state index in [2.05, 4.69) is 34.1 Å². The van der Waals surface area contributed by atoms with Gasteiger partial charge in [-0.25, -0.2) is 15.8 Å². The molecule has 1 atom stereocenters. The third-order valence-electron chi connectivity index (χ3n) is 2.82. The van der Waals surface area contributed by atoms with Crippen LogP contribution in [-0.4, -0.2) is 36.8 Å². The van der Waals surface area contributed by atoms with E-state index in [0.717, 1.165) is 17.8 Å². The van der Waals surface area contributed by atoms with Gasteiger partial charge in [-0.15, -0.1) is 0 Å². The van der Waals surface area contributed by atoms with Crippen molar-refractivity contribution >= 4 is 11.6 Å². The lowest BCUT2D eigenvalue weighted by atomic mass is 10.2. The van der Waals surface area contributed by atoms with E-state index in [9.17, 15) is 0 Å². The molecule has 1 heterocycles. The fourth-order valence-electron chi connectivity index (χ4n) is 1.72. The number of hydrogen-bond acceptors (Lipinski definition) is 6. The largest absolute Gasteiger partial charge is 0.383 e. The second-order valence-corrected chi connectivity index (χ2v) is 3.94. The number of ether oxygens (including phenoxy) is 1. The molecular weight excluding hydrogens is 218 g/mol. The lowest BCUT2D eigenvalue weighted by molar-refractivity contribution is 0.183. The lowest BCUT2D eigenvalue weighted by Crippen LogP contribution is -2.34. The van der Waals surface area contributed by atoms with Crippen molar-refractivity contribution in [3.8, 4) is 0 Å². The van der Waals surface area contributed by atoms with Crippen LogP contribution in [0.15, 0.2) is 6.33 Å². The van der Waals surface area contributed by atoms with Crippen LogP contribution < -0.4 is 16.2 Å². The van der Waals surface area contributed by atoms with E-state index in [-0.39, 0.29) is 6.04 Å². The minimum Gasteiger partial charge on any atom is -0.383 e. The first kappa shape index (κ1) is 13.7. The van der Waals surface area contributed by atoms with Crippen molar-refractivity contribution in [2.24, 2.45) is 5.84 Å². The van der Waals surface area contributed by atoms with E-state index in [4.69, 9.17) is 10.6 Å². The van der Waals surface area contributed by atoms with Crippen LogP contribution in [0.3, 0.4) is 0 Å². The Balaban J connectivity index is 3.03. The Kier molecular flexibility index (Phi) is 5.11. The Bertz CT molecular complexity index is 358. The summed E-state index contributed by atoms with van der Waals surface area (Å²) < 4.78 is 5.15. The van der Waals surface area contributed by atoms with Gasteiger partial charge in [-0.1, -0.05) is 6.92 Å². The van der Waals surface area contributed by atoms with Crippen molar-refractivity contribution in [2.75, 3.05) is 31.1 Å². The predicted molar refractivity (Wildman–Crippen MR) is 69.0 cm³/mol. The Morgan fingerprint density at radius 2 is 2.24 bits per heavy atom. The van der Waals surface area contributed by atoms with Gasteiger partial charge < -0.3 is 15.1 Å². The first-order valence-electron chi connectivity index (χ1n) is 5.67. The maximum absolute atomic E-state index is 5.45. The number of nitrogens with two attached hydrogens (primary N) is 1. The molecule has 1 aromatic rings. The molecule has 0 saturated carbocycles. The van der Waals surface area contributed by atoms with Gasteiger partial charge in [0, 0.05) is 19.7 Å². The zero-order valence-corrected chi connectivity index (χ0v) is 10.9. The summed E-state index contributed by atoms with van der Waals surface area (Å²) in [5.74, 6) is 7.01. The molecule has 17 heavy (non-hydrogen) atoms. The molecule has 0 fully saturated rings. The van der Waals surface area contributed by atoms with E-state index in [1.54, 1.807) is 7.11 Å². The number of nitrogen functional groups attached to an aromatic ring is 1. The molecule has 0 saturated heterocycles. The van der Waals surface area contributed by atoms with Gasteiger partial charge in [0.1, 0.15) is 18.0 Å². The summed E-state index contributed by atoms with van der Waals surface area (Å²) in [6.07, 6.45) is 2.33. The molecule has 0 aromatic carbocycles. The number of hydrazine groups is 1. The van der Waals surface area contributed by atoms with Crippen LogP contribution in [0.5, 0.6) is 0 Å². The number of rotatable bonds is 6. The Morgan fingerprint density at radius 1 is 1.53 bits per heavy atom. The van der Waals surface area contributed by atoms with Gasteiger partial charge in [-0.05, 0) is 13.3 Å². The maximum atomic E-state index is 5.45. The molecule has 0 spiro atoms. The number of anilines is 2. The standard InChI is InChI=1S/C11H21N5O/c1-5-9-10(15-12)13-7-14-11(9)16(3)8(2)6-17-4/h7-8H,5-6,12H2,1-4H3,(H,13,14,15). The number of nitrogens with one attached hydrogen (secondary N) is 1. The molecule has 6 nitrogen and oxygen atoms in total. The fourth-order valence-corrected chi connectivity index (χ4v) is 1.72. The van der Waals surface area contributed by atoms with Crippen molar-refractivity contribution in [3.63, 3.8) is 0 Å². The topological polar surface area (TPSA) is 76.3 Å². The average Bonchev–Trinajstić information content (AvgIpc) is 2.36. The highest BCUT2D eigenvalue weighted by Gasteiger charge is 2.17. The summed E-state index contributed by atoms with van der Waals surface area (Å²) in [6.45, 7) is 4.79. The van der Waals surface area contributed by atoms with Crippen LogP contribution in [0.1, 0.15) is 19.4 Å². The number of hydrogen-bond donors (Lipinski definition) is 2. The summed E-state index contributed by atoms with van der Waals surface area (Å²) in [4.78, 5) is 10.5. The highest BCUT2D eigenvalue weighted by atomic mass is 16.5. The summed E-state index contributed by atoms with van der Waals surface area (Å²) in [5.41, 5.74) is 3.62. The van der Waals surface area contributed by atoms with E-state index in [0.29, 0.717) is 12.4 Å².